The first-order valence-corrected chi connectivity index (χ1v) is 7.25. The van der Waals surface area contributed by atoms with E-state index in [0.29, 0.717) is 5.69 Å². The summed E-state index contributed by atoms with van der Waals surface area (Å²) in [4.78, 5) is 12.1. The maximum atomic E-state index is 12.7. The van der Waals surface area contributed by atoms with Gasteiger partial charge in [0.15, 0.2) is 0 Å². The van der Waals surface area contributed by atoms with Gasteiger partial charge in [-0.25, -0.2) is 13.6 Å². The van der Waals surface area contributed by atoms with Crippen molar-refractivity contribution in [2.75, 3.05) is 5.32 Å². The summed E-state index contributed by atoms with van der Waals surface area (Å²) in [7, 11) is 1.84. The van der Waals surface area contributed by atoms with Crippen LogP contribution in [0.2, 0.25) is 0 Å². The first-order valence-electron chi connectivity index (χ1n) is 7.25. The molecule has 0 saturated heterocycles. The molecule has 0 bridgehead atoms. The number of anilines is 1. The van der Waals surface area contributed by atoms with Crippen LogP contribution < -0.4 is 10.6 Å². The lowest BCUT2D eigenvalue weighted by molar-refractivity contribution is 0.151. The van der Waals surface area contributed by atoms with Crippen LogP contribution in [0.3, 0.4) is 0 Å². The summed E-state index contributed by atoms with van der Waals surface area (Å²) < 4.78 is 27.1. The Morgan fingerprint density at radius 3 is 2.57 bits per heavy atom. The van der Waals surface area contributed by atoms with Crippen LogP contribution in [-0.2, 0) is 7.05 Å². The second kappa shape index (κ2) is 6.76. The Hall–Kier alpha value is -2.44. The van der Waals surface area contributed by atoms with E-state index in [-0.39, 0.29) is 11.6 Å². The molecule has 1 aromatic carbocycles. The van der Waals surface area contributed by atoms with Crippen molar-refractivity contribution >= 4 is 11.7 Å². The Morgan fingerprint density at radius 2 is 2.00 bits per heavy atom. The van der Waals surface area contributed by atoms with Gasteiger partial charge in [-0.3, -0.25) is 4.68 Å². The molecule has 2 rings (SSSR count). The zero-order chi connectivity index (χ0) is 17.1. The fraction of sp³-hybridized carbons (Fsp3) is 0.375. The van der Waals surface area contributed by atoms with Gasteiger partial charge in [-0.1, -0.05) is 12.1 Å². The van der Waals surface area contributed by atoms with E-state index >= 15 is 0 Å². The average Bonchev–Trinajstić information content (AvgIpc) is 2.72. The van der Waals surface area contributed by atoms with E-state index in [4.69, 9.17) is 0 Å². The van der Waals surface area contributed by atoms with Crippen molar-refractivity contribution in [1.82, 2.24) is 15.1 Å². The Kier molecular flexibility index (Phi) is 4.98. The van der Waals surface area contributed by atoms with E-state index in [1.807, 2.05) is 27.8 Å². The van der Waals surface area contributed by atoms with Crippen LogP contribution in [0.15, 0.2) is 24.3 Å². The lowest BCUT2D eigenvalue weighted by atomic mass is 10.1. The maximum Gasteiger partial charge on any atom is 0.319 e. The summed E-state index contributed by atoms with van der Waals surface area (Å²) in [6, 6.07) is 4.93. The van der Waals surface area contributed by atoms with E-state index in [1.165, 1.54) is 18.2 Å². The fourth-order valence-corrected chi connectivity index (χ4v) is 2.60. The van der Waals surface area contributed by atoms with E-state index < -0.39 is 12.5 Å². The number of hydrogen-bond donors (Lipinski definition) is 2. The largest absolute Gasteiger partial charge is 0.331 e. The minimum Gasteiger partial charge on any atom is -0.331 e. The number of nitrogens with zero attached hydrogens (tertiary/aromatic N) is 2. The molecule has 124 valence electrons. The Balaban J connectivity index is 2.06. The normalized spacial score (nSPS) is 12.3. The molecule has 0 aliphatic carbocycles. The highest BCUT2D eigenvalue weighted by Crippen LogP contribution is 2.23. The SMILES string of the molecule is Cc1nn(C)c(C)c1[C@H](C)NC(=O)Nc1cccc(C(F)F)c1. The molecule has 7 heteroatoms. The zero-order valence-corrected chi connectivity index (χ0v) is 13.5. The molecule has 1 heterocycles. The zero-order valence-electron chi connectivity index (χ0n) is 13.5. The summed E-state index contributed by atoms with van der Waals surface area (Å²) in [5.41, 5.74) is 2.96. The number of nitrogens with one attached hydrogen (secondary N) is 2. The second-order valence-electron chi connectivity index (χ2n) is 5.45. The molecule has 23 heavy (non-hydrogen) atoms. The van der Waals surface area contributed by atoms with Gasteiger partial charge in [-0.05, 0) is 32.9 Å². The monoisotopic (exact) mass is 322 g/mol. The van der Waals surface area contributed by atoms with E-state index in [0.717, 1.165) is 17.0 Å². The van der Waals surface area contributed by atoms with Crippen molar-refractivity contribution in [1.29, 1.82) is 0 Å². The summed E-state index contributed by atoms with van der Waals surface area (Å²) in [6.07, 6.45) is -2.57. The first kappa shape index (κ1) is 16.9. The molecule has 2 amide bonds. The van der Waals surface area contributed by atoms with Crippen LogP contribution in [0.25, 0.3) is 0 Å². The third kappa shape index (κ3) is 3.85. The highest BCUT2D eigenvalue weighted by Gasteiger charge is 2.18. The standard InChI is InChI=1S/C16H20F2N4O/c1-9(14-10(2)21-22(4)11(14)3)19-16(23)20-13-7-5-6-12(8-13)15(17)18/h5-9,15H,1-4H3,(H2,19,20,23)/t9-/m0/s1. The van der Waals surface area contributed by atoms with Crippen LogP contribution in [-0.4, -0.2) is 15.8 Å². The van der Waals surface area contributed by atoms with Gasteiger partial charge in [0.1, 0.15) is 0 Å². The van der Waals surface area contributed by atoms with Crippen LogP contribution in [0.1, 0.15) is 41.9 Å². The highest BCUT2D eigenvalue weighted by molar-refractivity contribution is 5.89. The van der Waals surface area contributed by atoms with Gasteiger partial charge in [0.05, 0.1) is 11.7 Å². The number of aryl methyl sites for hydroxylation is 2. The molecule has 5 nitrogen and oxygen atoms in total. The molecule has 0 aliphatic rings. The molecule has 2 aromatic rings. The lowest BCUT2D eigenvalue weighted by Crippen LogP contribution is -2.31. The van der Waals surface area contributed by atoms with Crippen molar-refractivity contribution in [3.8, 4) is 0 Å². The maximum absolute atomic E-state index is 12.7. The number of hydrogen-bond acceptors (Lipinski definition) is 2. The molecule has 1 aromatic heterocycles. The first-order chi connectivity index (χ1) is 10.8. The quantitative estimate of drug-likeness (QED) is 0.898. The van der Waals surface area contributed by atoms with Gasteiger partial charge in [0.25, 0.3) is 6.43 Å². The molecule has 0 radical (unpaired) electrons. The Morgan fingerprint density at radius 1 is 1.30 bits per heavy atom. The van der Waals surface area contributed by atoms with E-state index in [2.05, 4.69) is 15.7 Å². The second-order valence-corrected chi connectivity index (χ2v) is 5.45. The lowest BCUT2D eigenvalue weighted by Gasteiger charge is -2.16. The number of amides is 2. The summed E-state index contributed by atoms with van der Waals surface area (Å²) in [5, 5.41) is 9.69. The molecule has 0 fully saturated rings. The Labute approximate surface area is 133 Å². The van der Waals surface area contributed by atoms with Gasteiger partial charge in [-0.15, -0.1) is 0 Å². The van der Waals surface area contributed by atoms with E-state index in [1.54, 1.807) is 10.7 Å². The topological polar surface area (TPSA) is 59.0 Å². The molecule has 0 aliphatic heterocycles. The fourth-order valence-electron chi connectivity index (χ4n) is 2.60. The Bertz CT molecular complexity index is 712. The van der Waals surface area contributed by atoms with E-state index in [9.17, 15) is 13.6 Å². The van der Waals surface area contributed by atoms with Crippen LogP contribution in [0.4, 0.5) is 19.3 Å². The summed E-state index contributed by atoms with van der Waals surface area (Å²) in [6.45, 7) is 5.66. The van der Waals surface area contributed by atoms with Crippen molar-refractivity contribution in [2.45, 2.75) is 33.2 Å². The predicted octanol–water partition coefficient (Wildman–Crippen LogP) is 3.86. The molecular weight excluding hydrogens is 302 g/mol. The third-order valence-electron chi connectivity index (χ3n) is 3.74. The predicted molar refractivity (Wildman–Crippen MR) is 84.7 cm³/mol. The van der Waals surface area contributed by atoms with Gasteiger partial charge in [-0.2, -0.15) is 5.10 Å². The molecule has 0 spiro atoms. The number of urea groups is 1. The molecular formula is C16H20F2N4O. The number of alkyl halides is 2. The molecule has 1 atom stereocenters. The van der Waals surface area contributed by atoms with Gasteiger partial charge in [0.2, 0.25) is 0 Å². The number of carbonyl (C=O) groups is 1. The number of aromatic nitrogens is 2. The van der Waals surface area contributed by atoms with Crippen LogP contribution >= 0.6 is 0 Å². The van der Waals surface area contributed by atoms with Crippen LogP contribution in [0.5, 0.6) is 0 Å². The minimum atomic E-state index is -2.57. The number of halogens is 2. The van der Waals surface area contributed by atoms with Gasteiger partial charge >= 0.3 is 6.03 Å². The number of carbonyl (C=O) groups excluding carboxylic acids is 1. The van der Waals surface area contributed by atoms with Gasteiger partial charge in [0, 0.05) is 29.6 Å². The summed E-state index contributed by atoms with van der Waals surface area (Å²) in [5.74, 6) is 0. The van der Waals surface area contributed by atoms with Crippen molar-refractivity contribution in [2.24, 2.45) is 7.05 Å². The van der Waals surface area contributed by atoms with Crippen molar-refractivity contribution in [3.05, 3.63) is 46.8 Å². The van der Waals surface area contributed by atoms with Crippen molar-refractivity contribution < 1.29 is 13.6 Å². The average molecular weight is 322 g/mol. The smallest absolute Gasteiger partial charge is 0.319 e. The highest BCUT2D eigenvalue weighted by atomic mass is 19.3. The molecule has 0 unspecified atom stereocenters. The van der Waals surface area contributed by atoms with Crippen molar-refractivity contribution in [3.63, 3.8) is 0 Å². The molecule has 2 N–H and O–H groups in total. The number of benzene rings is 1. The van der Waals surface area contributed by atoms with Gasteiger partial charge < -0.3 is 10.6 Å². The number of rotatable bonds is 4. The molecule has 0 saturated carbocycles. The van der Waals surface area contributed by atoms with Crippen LogP contribution in [0, 0.1) is 13.8 Å². The summed E-state index contributed by atoms with van der Waals surface area (Å²) >= 11 is 0. The minimum absolute atomic E-state index is 0.130. The third-order valence-corrected chi connectivity index (χ3v) is 3.74.